The highest BCUT2D eigenvalue weighted by molar-refractivity contribution is 7.98. The summed E-state index contributed by atoms with van der Waals surface area (Å²) < 4.78 is 29.9. The Labute approximate surface area is 158 Å². The number of nitrogens with zero attached hydrogens (tertiary/aromatic N) is 1. The Hall–Kier alpha value is -2.19. The lowest BCUT2D eigenvalue weighted by Gasteiger charge is -2.18. The van der Waals surface area contributed by atoms with Crippen LogP contribution in [0.1, 0.15) is 6.92 Å². The van der Waals surface area contributed by atoms with Crippen LogP contribution in [0.2, 0.25) is 0 Å². The van der Waals surface area contributed by atoms with Crippen LogP contribution in [0.25, 0.3) is 0 Å². The molecule has 0 saturated carbocycles. The van der Waals surface area contributed by atoms with Gasteiger partial charge in [0.2, 0.25) is 10.0 Å². The molecule has 6 nitrogen and oxygen atoms in total. The number of ether oxygens (including phenoxy) is 1. The van der Waals surface area contributed by atoms with Gasteiger partial charge in [-0.15, -0.1) is 11.8 Å². The number of carbonyl (C=O) groups is 1. The first kappa shape index (κ1) is 20.1. The van der Waals surface area contributed by atoms with Gasteiger partial charge in [-0.2, -0.15) is 0 Å². The van der Waals surface area contributed by atoms with E-state index in [1.165, 1.54) is 11.4 Å². The number of thioether (sulfide) groups is 1. The van der Waals surface area contributed by atoms with E-state index in [2.05, 4.69) is 5.32 Å². The van der Waals surface area contributed by atoms with Crippen molar-refractivity contribution in [3.8, 4) is 5.75 Å². The van der Waals surface area contributed by atoms with E-state index >= 15 is 0 Å². The van der Waals surface area contributed by atoms with E-state index in [1.54, 1.807) is 43.0 Å². The fourth-order valence-electron chi connectivity index (χ4n) is 2.17. The molecule has 1 amide bonds. The number of carbonyl (C=O) groups excluding carboxylic acids is 1. The van der Waals surface area contributed by atoms with Gasteiger partial charge in [0.25, 0.3) is 5.91 Å². The molecule has 0 unspecified atom stereocenters. The Morgan fingerprint density at radius 2 is 1.77 bits per heavy atom. The van der Waals surface area contributed by atoms with Crippen LogP contribution in [-0.2, 0) is 14.8 Å². The van der Waals surface area contributed by atoms with Crippen molar-refractivity contribution < 1.29 is 17.9 Å². The summed E-state index contributed by atoms with van der Waals surface area (Å²) in [6, 6.07) is 14.1. The molecule has 0 spiro atoms. The summed E-state index contributed by atoms with van der Waals surface area (Å²) >= 11 is 1.55. The fraction of sp³-hybridized carbons (Fsp3) is 0.278. The van der Waals surface area contributed by atoms with E-state index in [0.717, 1.165) is 16.8 Å². The number of rotatable bonds is 7. The number of para-hydroxylation sites is 1. The highest BCUT2D eigenvalue weighted by Gasteiger charge is 2.17. The Morgan fingerprint density at radius 3 is 2.35 bits per heavy atom. The molecule has 1 N–H and O–H groups in total. The Bertz CT molecular complexity index is 867. The predicted molar refractivity (Wildman–Crippen MR) is 107 cm³/mol. The number of sulfonamides is 1. The molecule has 140 valence electrons. The second kappa shape index (κ2) is 8.46. The van der Waals surface area contributed by atoms with Gasteiger partial charge in [-0.25, -0.2) is 8.42 Å². The normalized spacial score (nSPS) is 12.3. The highest BCUT2D eigenvalue weighted by Crippen LogP contribution is 2.25. The molecule has 0 bridgehead atoms. The minimum atomic E-state index is -3.32. The quantitative estimate of drug-likeness (QED) is 0.730. The monoisotopic (exact) mass is 394 g/mol. The third-order valence-electron chi connectivity index (χ3n) is 3.74. The molecule has 0 saturated heterocycles. The van der Waals surface area contributed by atoms with Crippen LogP contribution in [0.5, 0.6) is 5.75 Å². The van der Waals surface area contributed by atoms with Crippen LogP contribution in [0.15, 0.2) is 53.4 Å². The molecule has 2 aromatic carbocycles. The Morgan fingerprint density at radius 1 is 1.15 bits per heavy atom. The number of hydrogen-bond donors (Lipinski definition) is 1. The summed E-state index contributed by atoms with van der Waals surface area (Å²) in [6.45, 7) is 1.66. The van der Waals surface area contributed by atoms with Crippen LogP contribution in [-0.4, -0.2) is 40.0 Å². The molecule has 0 aliphatic carbocycles. The Balaban J connectivity index is 2.03. The molecule has 0 aliphatic rings. The zero-order valence-electron chi connectivity index (χ0n) is 15.1. The van der Waals surface area contributed by atoms with Crippen LogP contribution in [0.4, 0.5) is 11.4 Å². The van der Waals surface area contributed by atoms with Gasteiger partial charge in [-0.05, 0) is 49.6 Å². The van der Waals surface area contributed by atoms with E-state index in [9.17, 15) is 13.2 Å². The first-order valence-corrected chi connectivity index (χ1v) is 10.9. The van der Waals surface area contributed by atoms with E-state index in [4.69, 9.17) is 4.74 Å². The van der Waals surface area contributed by atoms with Crippen molar-refractivity contribution in [1.29, 1.82) is 0 Å². The molecule has 0 fully saturated rings. The summed E-state index contributed by atoms with van der Waals surface area (Å²) in [6.07, 6.45) is 2.37. The minimum absolute atomic E-state index is 0.260. The molecule has 2 rings (SSSR count). The fourth-order valence-corrected chi connectivity index (χ4v) is 3.22. The second-order valence-electron chi connectivity index (χ2n) is 5.67. The second-order valence-corrected chi connectivity index (χ2v) is 8.54. The molecule has 2 aromatic rings. The minimum Gasteiger partial charge on any atom is -0.481 e. The van der Waals surface area contributed by atoms with Crippen LogP contribution >= 0.6 is 11.8 Å². The van der Waals surface area contributed by atoms with Crippen LogP contribution < -0.4 is 14.4 Å². The maximum atomic E-state index is 12.4. The number of nitrogens with one attached hydrogen (secondary N) is 1. The van der Waals surface area contributed by atoms with Crippen molar-refractivity contribution in [2.75, 3.05) is 29.2 Å². The lowest BCUT2D eigenvalue weighted by molar-refractivity contribution is -0.122. The molecule has 0 aliphatic heterocycles. The summed E-state index contributed by atoms with van der Waals surface area (Å²) in [5.41, 5.74) is 1.26. The summed E-state index contributed by atoms with van der Waals surface area (Å²) in [5.74, 6) is 0.222. The predicted octanol–water partition coefficient (Wildman–Crippen LogP) is 3.21. The van der Waals surface area contributed by atoms with Gasteiger partial charge in [0.05, 0.1) is 17.6 Å². The SMILES string of the molecule is CSc1ccccc1NC(=O)[C@H](C)Oc1ccc(N(C)S(C)(=O)=O)cc1. The van der Waals surface area contributed by atoms with Gasteiger partial charge in [0.15, 0.2) is 6.10 Å². The maximum Gasteiger partial charge on any atom is 0.265 e. The third kappa shape index (κ3) is 5.15. The average Bonchev–Trinajstić information content (AvgIpc) is 2.61. The molecule has 1 atom stereocenters. The number of hydrogen-bond acceptors (Lipinski definition) is 5. The van der Waals surface area contributed by atoms with Crippen molar-refractivity contribution in [3.05, 3.63) is 48.5 Å². The average molecular weight is 395 g/mol. The zero-order chi connectivity index (χ0) is 19.3. The van der Waals surface area contributed by atoms with Gasteiger partial charge < -0.3 is 10.1 Å². The van der Waals surface area contributed by atoms with Gasteiger partial charge >= 0.3 is 0 Å². The maximum absolute atomic E-state index is 12.4. The van der Waals surface area contributed by atoms with Crippen molar-refractivity contribution >= 4 is 39.1 Å². The van der Waals surface area contributed by atoms with Crippen molar-refractivity contribution in [2.24, 2.45) is 0 Å². The molecule has 26 heavy (non-hydrogen) atoms. The Kier molecular flexibility index (Phi) is 6.55. The first-order valence-electron chi connectivity index (χ1n) is 7.87. The van der Waals surface area contributed by atoms with Crippen LogP contribution in [0.3, 0.4) is 0 Å². The number of anilines is 2. The lowest BCUT2D eigenvalue weighted by atomic mass is 10.2. The third-order valence-corrected chi connectivity index (χ3v) is 5.75. The van der Waals surface area contributed by atoms with Crippen molar-refractivity contribution in [2.45, 2.75) is 17.9 Å². The zero-order valence-corrected chi connectivity index (χ0v) is 16.7. The molecule has 0 radical (unpaired) electrons. The molecule has 0 heterocycles. The van der Waals surface area contributed by atoms with E-state index in [1.807, 2.05) is 30.5 Å². The molecule has 8 heteroatoms. The van der Waals surface area contributed by atoms with Gasteiger partial charge in [0.1, 0.15) is 5.75 Å². The number of amides is 1. The molecular weight excluding hydrogens is 372 g/mol. The van der Waals surface area contributed by atoms with Crippen molar-refractivity contribution in [3.63, 3.8) is 0 Å². The topological polar surface area (TPSA) is 75.7 Å². The molecule has 0 aromatic heterocycles. The van der Waals surface area contributed by atoms with Crippen molar-refractivity contribution in [1.82, 2.24) is 0 Å². The first-order chi connectivity index (χ1) is 12.2. The largest absolute Gasteiger partial charge is 0.481 e. The highest BCUT2D eigenvalue weighted by atomic mass is 32.2. The number of benzene rings is 2. The van der Waals surface area contributed by atoms with E-state index in [-0.39, 0.29) is 5.91 Å². The summed E-state index contributed by atoms with van der Waals surface area (Å²) in [7, 11) is -1.84. The van der Waals surface area contributed by atoms with Crippen LogP contribution in [0, 0.1) is 0 Å². The lowest BCUT2D eigenvalue weighted by Crippen LogP contribution is -2.30. The summed E-state index contributed by atoms with van der Waals surface area (Å²) in [5, 5.41) is 2.86. The smallest absolute Gasteiger partial charge is 0.265 e. The van der Waals surface area contributed by atoms with E-state index in [0.29, 0.717) is 11.4 Å². The standard InChI is InChI=1S/C18H22N2O4S2/c1-13(18(21)19-16-7-5-6-8-17(16)25-3)24-15-11-9-14(10-12-15)20(2)26(4,22)23/h5-13H,1-4H3,(H,19,21)/t13-/m0/s1. The van der Waals surface area contributed by atoms with Gasteiger partial charge in [0, 0.05) is 11.9 Å². The summed E-state index contributed by atoms with van der Waals surface area (Å²) in [4.78, 5) is 13.3. The van der Waals surface area contributed by atoms with Gasteiger partial charge in [-0.1, -0.05) is 12.1 Å². The van der Waals surface area contributed by atoms with Gasteiger partial charge in [-0.3, -0.25) is 9.10 Å². The molecular formula is C18H22N2O4S2. The van der Waals surface area contributed by atoms with E-state index < -0.39 is 16.1 Å².